The minimum Gasteiger partial charge on any atom is -0.486 e. The van der Waals surface area contributed by atoms with Gasteiger partial charge in [0.05, 0.1) is 23.7 Å². The van der Waals surface area contributed by atoms with Crippen molar-refractivity contribution in [1.82, 2.24) is 4.90 Å². The second-order valence-electron chi connectivity index (χ2n) is 6.19. The fourth-order valence-corrected chi connectivity index (χ4v) is 3.91. The van der Waals surface area contributed by atoms with Gasteiger partial charge in [0.25, 0.3) is 5.91 Å². The lowest BCUT2D eigenvalue weighted by molar-refractivity contribution is -0.122. The molecule has 0 unspecified atom stereocenters. The molecule has 0 spiro atoms. The maximum Gasteiger partial charge on any atom is 0.266 e. The zero-order valence-corrected chi connectivity index (χ0v) is 16.3. The summed E-state index contributed by atoms with van der Waals surface area (Å²) in [4.78, 5) is 19.9. The SMILES string of the molecule is COCCN1C(=O)/C(=C/c2ccc3c(c2)OCCO3)SC1=Nc1ccccc1. The third-order valence-electron chi connectivity index (χ3n) is 4.25. The molecule has 28 heavy (non-hydrogen) atoms. The molecular weight excluding hydrogens is 376 g/mol. The van der Waals surface area contributed by atoms with Gasteiger partial charge in [-0.2, -0.15) is 0 Å². The quantitative estimate of drug-likeness (QED) is 0.721. The van der Waals surface area contributed by atoms with Crippen LogP contribution < -0.4 is 9.47 Å². The molecule has 4 rings (SSSR count). The number of thioether (sulfide) groups is 1. The molecule has 0 aliphatic carbocycles. The van der Waals surface area contributed by atoms with E-state index in [2.05, 4.69) is 4.99 Å². The molecule has 6 nitrogen and oxygen atoms in total. The van der Waals surface area contributed by atoms with Crippen molar-refractivity contribution in [3.8, 4) is 11.5 Å². The van der Waals surface area contributed by atoms with E-state index in [1.54, 1.807) is 12.0 Å². The van der Waals surface area contributed by atoms with E-state index in [-0.39, 0.29) is 5.91 Å². The summed E-state index contributed by atoms with van der Waals surface area (Å²) in [5, 5.41) is 0.650. The summed E-state index contributed by atoms with van der Waals surface area (Å²) in [7, 11) is 1.62. The number of ether oxygens (including phenoxy) is 3. The van der Waals surface area contributed by atoms with Gasteiger partial charge < -0.3 is 14.2 Å². The summed E-state index contributed by atoms with van der Waals surface area (Å²) in [5.41, 5.74) is 1.69. The Hall–Kier alpha value is -2.77. The number of carbonyl (C=O) groups excluding carboxylic acids is 1. The topological polar surface area (TPSA) is 60.4 Å². The van der Waals surface area contributed by atoms with Gasteiger partial charge >= 0.3 is 0 Å². The highest BCUT2D eigenvalue weighted by atomic mass is 32.2. The Labute approximate surface area is 167 Å². The van der Waals surface area contributed by atoms with Crippen molar-refractivity contribution >= 4 is 34.6 Å². The number of amidine groups is 1. The zero-order chi connectivity index (χ0) is 19.3. The highest BCUT2D eigenvalue weighted by Crippen LogP contribution is 2.36. The predicted octanol–water partition coefficient (Wildman–Crippen LogP) is 3.71. The number of rotatable bonds is 5. The number of amides is 1. The van der Waals surface area contributed by atoms with Crippen molar-refractivity contribution in [2.24, 2.45) is 4.99 Å². The molecule has 2 aliphatic rings. The molecule has 0 radical (unpaired) electrons. The van der Waals surface area contributed by atoms with E-state index in [9.17, 15) is 4.79 Å². The maximum absolute atomic E-state index is 12.9. The fourth-order valence-electron chi connectivity index (χ4n) is 2.89. The lowest BCUT2D eigenvalue weighted by atomic mass is 10.1. The number of carbonyl (C=O) groups is 1. The number of para-hydroxylation sites is 1. The van der Waals surface area contributed by atoms with Crippen LogP contribution in [0.25, 0.3) is 6.08 Å². The first-order valence-electron chi connectivity index (χ1n) is 8.98. The van der Waals surface area contributed by atoms with Crippen molar-refractivity contribution < 1.29 is 19.0 Å². The largest absolute Gasteiger partial charge is 0.486 e. The van der Waals surface area contributed by atoms with Gasteiger partial charge in [0.15, 0.2) is 16.7 Å². The van der Waals surface area contributed by atoms with Gasteiger partial charge in [0.2, 0.25) is 0 Å². The van der Waals surface area contributed by atoms with Crippen molar-refractivity contribution in [3.63, 3.8) is 0 Å². The molecule has 1 saturated heterocycles. The Morgan fingerprint density at radius 3 is 2.71 bits per heavy atom. The van der Waals surface area contributed by atoms with Crippen LogP contribution in [-0.2, 0) is 9.53 Å². The molecule has 2 aromatic rings. The first kappa shape index (κ1) is 18.6. The van der Waals surface area contributed by atoms with Gasteiger partial charge in [-0.25, -0.2) is 4.99 Å². The Balaban J connectivity index is 1.63. The summed E-state index contributed by atoms with van der Waals surface area (Å²) < 4.78 is 16.3. The second-order valence-corrected chi connectivity index (χ2v) is 7.20. The monoisotopic (exact) mass is 396 g/mol. The van der Waals surface area contributed by atoms with Gasteiger partial charge in [0, 0.05) is 7.11 Å². The Morgan fingerprint density at radius 2 is 1.93 bits per heavy atom. The van der Waals surface area contributed by atoms with Crippen LogP contribution in [0, 0.1) is 0 Å². The molecule has 0 aromatic heterocycles. The van der Waals surface area contributed by atoms with Crippen LogP contribution in [0.3, 0.4) is 0 Å². The summed E-state index contributed by atoms with van der Waals surface area (Å²) in [6, 6.07) is 15.3. The highest BCUT2D eigenvalue weighted by Gasteiger charge is 2.33. The van der Waals surface area contributed by atoms with Crippen molar-refractivity contribution in [2.45, 2.75) is 0 Å². The standard InChI is InChI=1S/C21H20N2O4S/c1-25-10-9-23-20(24)19(28-21(23)22-16-5-3-2-4-6-16)14-15-7-8-17-18(13-15)27-12-11-26-17/h2-8,13-14H,9-12H2,1H3/b19-14-,22-21?. The van der Waals surface area contributed by atoms with Crippen molar-refractivity contribution in [1.29, 1.82) is 0 Å². The Kier molecular flexibility index (Phi) is 5.64. The Morgan fingerprint density at radius 1 is 1.14 bits per heavy atom. The first-order chi connectivity index (χ1) is 13.7. The van der Waals surface area contributed by atoms with E-state index in [1.807, 2.05) is 54.6 Å². The molecule has 2 aromatic carbocycles. The molecule has 0 bridgehead atoms. The van der Waals surface area contributed by atoms with Crippen LogP contribution in [0.1, 0.15) is 5.56 Å². The first-order valence-corrected chi connectivity index (χ1v) is 9.80. The minimum atomic E-state index is -0.0772. The van der Waals surface area contributed by atoms with E-state index in [0.29, 0.717) is 42.2 Å². The van der Waals surface area contributed by atoms with Gasteiger partial charge in [-0.1, -0.05) is 24.3 Å². The number of methoxy groups -OCH3 is 1. The third-order valence-corrected chi connectivity index (χ3v) is 5.26. The number of hydrogen-bond acceptors (Lipinski definition) is 6. The molecule has 1 fully saturated rings. The van der Waals surface area contributed by atoms with E-state index in [1.165, 1.54) is 11.8 Å². The number of fused-ring (bicyclic) bond motifs is 1. The summed E-state index contributed by atoms with van der Waals surface area (Å²) in [5.74, 6) is 1.35. The Bertz CT molecular complexity index is 927. The van der Waals surface area contributed by atoms with E-state index in [0.717, 1.165) is 17.0 Å². The van der Waals surface area contributed by atoms with Gasteiger partial charge in [-0.15, -0.1) is 0 Å². The number of benzene rings is 2. The van der Waals surface area contributed by atoms with Crippen LogP contribution in [0.4, 0.5) is 5.69 Å². The van der Waals surface area contributed by atoms with Crippen molar-refractivity contribution in [3.05, 3.63) is 59.0 Å². The van der Waals surface area contributed by atoms with Crippen molar-refractivity contribution in [2.75, 3.05) is 33.5 Å². The maximum atomic E-state index is 12.9. The second kappa shape index (κ2) is 8.50. The lowest BCUT2D eigenvalue weighted by Crippen LogP contribution is -2.32. The van der Waals surface area contributed by atoms with Gasteiger partial charge in [-0.3, -0.25) is 9.69 Å². The van der Waals surface area contributed by atoms with E-state index in [4.69, 9.17) is 14.2 Å². The van der Waals surface area contributed by atoms with Crippen LogP contribution >= 0.6 is 11.8 Å². The molecule has 2 aliphatic heterocycles. The van der Waals surface area contributed by atoms with E-state index >= 15 is 0 Å². The molecule has 0 saturated carbocycles. The minimum absolute atomic E-state index is 0.0772. The highest BCUT2D eigenvalue weighted by molar-refractivity contribution is 8.18. The zero-order valence-electron chi connectivity index (χ0n) is 15.5. The molecule has 0 atom stereocenters. The molecular formula is C21H20N2O4S. The van der Waals surface area contributed by atoms with Crippen LogP contribution in [-0.4, -0.2) is 49.4 Å². The third kappa shape index (κ3) is 4.05. The summed E-state index contributed by atoms with van der Waals surface area (Å²) in [6.45, 7) is 1.97. The molecule has 1 amide bonds. The average molecular weight is 396 g/mol. The van der Waals surface area contributed by atoms with Crippen LogP contribution in [0.2, 0.25) is 0 Å². The molecule has 144 valence electrons. The van der Waals surface area contributed by atoms with Gasteiger partial charge in [-0.05, 0) is 47.7 Å². The summed E-state index contributed by atoms with van der Waals surface area (Å²) in [6.07, 6.45) is 1.86. The van der Waals surface area contributed by atoms with Crippen LogP contribution in [0.5, 0.6) is 11.5 Å². The lowest BCUT2D eigenvalue weighted by Gasteiger charge is -2.18. The van der Waals surface area contributed by atoms with Crippen LogP contribution in [0.15, 0.2) is 58.4 Å². The molecule has 2 heterocycles. The molecule has 0 N–H and O–H groups in total. The smallest absolute Gasteiger partial charge is 0.266 e. The van der Waals surface area contributed by atoms with Gasteiger partial charge in [0.1, 0.15) is 13.2 Å². The fraction of sp³-hybridized carbons (Fsp3) is 0.238. The summed E-state index contributed by atoms with van der Waals surface area (Å²) >= 11 is 1.36. The molecule has 7 heteroatoms. The normalized spacial score (nSPS) is 18.9. The average Bonchev–Trinajstić information content (AvgIpc) is 3.01. The predicted molar refractivity (Wildman–Crippen MR) is 110 cm³/mol. The van der Waals surface area contributed by atoms with E-state index < -0.39 is 0 Å². The number of aliphatic imine (C=N–C) groups is 1. The number of hydrogen-bond donors (Lipinski definition) is 0. The number of nitrogens with zero attached hydrogens (tertiary/aromatic N) is 2.